The summed E-state index contributed by atoms with van der Waals surface area (Å²) < 4.78 is 0. The minimum absolute atomic E-state index is 0.0542. The molecular formula is C14H15N3O. The Hall–Kier alpha value is -2.23. The van der Waals surface area contributed by atoms with E-state index in [0.717, 1.165) is 17.8 Å². The lowest BCUT2D eigenvalue weighted by atomic mass is 10.2. The van der Waals surface area contributed by atoms with Gasteiger partial charge in [0.15, 0.2) is 0 Å². The second kappa shape index (κ2) is 5.91. The topological polar surface area (TPSA) is 46.1 Å². The molecule has 0 radical (unpaired) electrons. The first-order valence-electron chi connectivity index (χ1n) is 5.96. The summed E-state index contributed by atoms with van der Waals surface area (Å²) in [5.74, 6) is 0.0542. The molecule has 0 aliphatic heterocycles. The van der Waals surface area contributed by atoms with Crippen LogP contribution in [0, 0.1) is 0 Å². The van der Waals surface area contributed by atoms with Crippen LogP contribution in [0.25, 0.3) is 0 Å². The van der Waals surface area contributed by atoms with Crippen molar-refractivity contribution < 1.29 is 4.79 Å². The van der Waals surface area contributed by atoms with Gasteiger partial charge in [-0.3, -0.25) is 19.7 Å². The summed E-state index contributed by atoms with van der Waals surface area (Å²) in [6.45, 7) is 1.99. The lowest BCUT2D eigenvalue weighted by molar-refractivity contribution is -0.117. The van der Waals surface area contributed by atoms with Crippen molar-refractivity contribution in [3.63, 3.8) is 0 Å². The molecule has 0 bridgehead atoms. The van der Waals surface area contributed by atoms with Gasteiger partial charge in [-0.2, -0.15) is 0 Å². The highest BCUT2D eigenvalue weighted by Crippen LogP contribution is 2.24. The van der Waals surface area contributed by atoms with Gasteiger partial charge in [0.05, 0.1) is 23.8 Å². The van der Waals surface area contributed by atoms with Crippen molar-refractivity contribution in [1.29, 1.82) is 0 Å². The van der Waals surface area contributed by atoms with Crippen LogP contribution in [0.4, 0.5) is 11.4 Å². The summed E-state index contributed by atoms with van der Waals surface area (Å²) in [6, 6.07) is 7.37. The third-order valence-electron chi connectivity index (χ3n) is 2.52. The van der Waals surface area contributed by atoms with Crippen LogP contribution in [0.5, 0.6) is 0 Å². The number of anilines is 2. The molecule has 4 nitrogen and oxygen atoms in total. The maximum absolute atomic E-state index is 12.2. The Labute approximate surface area is 106 Å². The summed E-state index contributed by atoms with van der Waals surface area (Å²) >= 11 is 0. The number of rotatable bonds is 4. The van der Waals surface area contributed by atoms with Gasteiger partial charge in [0.25, 0.3) is 0 Å². The molecule has 0 aliphatic rings. The SMILES string of the molecule is CCCC(=O)N(c1cccnc1)c1cccnc1. The molecular weight excluding hydrogens is 226 g/mol. The molecule has 0 N–H and O–H groups in total. The van der Waals surface area contributed by atoms with Crippen LogP contribution >= 0.6 is 0 Å². The van der Waals surface area contributed by atoms with Crippen LogP contribution in [0.3, 0.4) is 0 Å². The minimum atomic E-state index is 0.0542. The van der Waals surface area contributed by atoms with Crippen molar-refractivity contribution in [3.05, 3.63) is 49.1 Å². The molecule has 0 saturated carbocycles. The van der Waals surface area contributed by atoms with E-state index in [1.165, 1.54) is 0 Å². The zero-order valence-electron chi connectivity index (χ0n) is 10.3. The van der Waals surface area contributed by atoms with Crippen molar-refractivity contribution in [3.8, 4) is 0 Å². The second-order valence-corrected chi connectivity index (χ2v) is 3.90. The van der Waals surface area contributed by atoms with Gasteiger partial charge < -0.3 is 0 Å². The van der Waals surface area contributed by atoms with Crippen molar-refractivity contribution in [2.24, 2.45) is 0 Å². The molecule has 2 aromatic heterocycles. The van der Waals surface area contributed by atoms with E-state index in [2.05, 4.69) is 9.97 Å². The highest BCUT2D eigenvalue weighted by molar-refractivity contribution is 6.00. The molecule has 4 heteroatoms. The maximum Gasteiger partial charge on any atom is 0.231 e. The first kappa shape index (κ1) is 12.2. The van der Waals surface area contributed by atoms with Crippen LogP contribution in [0.1, 0.15) is 19.8 Å². The summed E-state index contributed by atoms with van der Waals surface area (Å²) in [6.07, 6.45) is 8.06. The number of carbonyl (C=O) groups is 1. The Morgan fingerprint density at radius 1 is 1.11 bits per heavy atom. The van der Waals surface area contributed by atoms with Crippen molar-refractivity contribution in [2.45, 2.75) is 19.8 Å². The van der Waals surface area contributed by atoms with Gasteiger partial charge >= 0.3 is 0 Å². The van der Waals surface area contributed by atoms with E-state index < -0.39 is 0 Å². The Kier molecular flexibility index (Phi) is 4.02. The van der Waals surface area contributed by atoms with E-state index in [-0.39, 0.29) is 5.91 Å². The van der Waals surface area contributed by atoms with Gasteiger partial charge in [-0.25, -0.2) is 0 Å². The van der Waals surface area contributed by atoms with E-state index in [9.17, 15) is 4.79 Å². The smallest absolute Gasteiger partial charge is 0.231 e. The quantitative estimate of drug-likeness (QED) is 0.826. The predicted molar refractivity (Wildman–Crippen MR) is 70.5 cm³/mol. The molecule has 1 amide bonds. The number of pyridine rings is 2. The average Bonchev–Trinajstić information content (AvgIpc) is 2.42. The highest BCUT2D eigenvalue weighted by atomic mass is 16.2. The Balaban J connectivity index is 2.38. The largest absolute Gasteiger partial charge is 0.278 e. The van der Waals surface area contributed by atoms with Crippen LogP contribution < -0.4 is 4.90 Å². The molecule has 0 fully saturated rings. The van der Waals surface area contributed by atoms with Crippen LogP contribution in [0.2, 0.25) is 0 Å². The van der Waals surface area contributed by atoms with Gasteiger partial charge in [0.2, 0.25) is 5.91 Å². The average molecular weight is 241 g/mol. The Morgan fingerprint density at radius 2 is 1.67 bits per heavy atom. The Morgan fingerprint density at radius 3 is 2.06 bits per heavy atom. The number of carbonyl (C=O) groups excluding carboxylic acids is 1. The highest BCUT2D eigenvalue weighted by Gasteiger charge is 2.17. The predicted octanol–water partition coefficient (Wildman–Crippen LogP) is 2.94. The first-order valence-corrected chi connectivity index (χ1v) is 5.96. The standard InChI is InChI=1S/C14H15N3O/c1-2-5-14(18)17(12-6-3-8-15-10-12)13-7-4-9-16-11-13/h3-4,6-11H,2,5H2,1H3. The van der Waals surface area contributed by atoms with E-state index >= 15 is 0 Å². The van der Waals surface area contributed by atoms with Crippen LogP contribution in [-0.2, 0) is 4.79 Å². The fourth-order valence-electron chi connectivity index (χ4n) is 1.73. The van der Waals surface area contributed by atoms with Gasteiger partial charge in [-0.1, -0.05) is 6.92 Å². The van der Waals surface area contributed by atoms with Gasteiger partial charge in [-0.15, -0.1) is 0 Å². The number of hydrogen-bond donors (Lipinski definition) is 0. The summed E-state index contributed by atoms with van der Waals surface area (Å²) in [4.78, 5) is 22.0. The molecule has 0 saturated heterocycles. The molecule has 92 valence electrons. The first-order chi connectivity index (χ1) is 8.83. The molecule has 0 aliphatic carbocycles. The number of nitrogens with zero attached hydrogens (tertiary/aromatic N) is 3. The summed E-state index contributed by atoms with van der Waals surface area (Å²) in [5.41, 5.74) is 1.54. The lowest BCUT2D eigenvalue weighted by Gasteiger charge is -2.21. The molecule has 0 atom stereocenters. The van der Waals surface area contributed by atoms with Crippen molar-refractivity contribution in [2.75, 3.05) is 4.90 Å². The van der Waals surface area contributed by atoms with Crippen LogP contribution in [0.15, 0.2) is 49.1 Å². The van der Waals surface area contributed by atoms with E-state index in [1.807, 2.05) is 31.2 Å². The normalized spacial score (nSPS) is 10.1. The lowest BCUT2D eigenvalue weighted by Crippen LogP contribution is -2.25. The molecule has 18 heavy (non-hydrogen) atoms. The third-order valence-corrected chi connectivity index (χ3v) is 2.52. The zero-order chi connectivity index (χ0) is 12.8. The molecule has 2 aromatic rings. The molecule has 0 aromatic carbocycles. The number of hydrogen-bond acceptors (Lipinski definition) is 3. The molecule has 0 unspecified atom stereocenters. The minimum Gasteiger partial charge on any atom is -0.278 e. The Bertz CT molecular complexity index is 459. The van der Waals surface area contributed by atoms with Gasteiger partial charge in [0.1, 0.15) is 0 Å². The third kappa shape index (κ3) is 2.71. The second-order valence-electron chi connectivity index (χ2n) is 3.90. The monoisotopic (exact) mass is 241 g/mol. The van der Waals surface area contributed by atoms with Crippen molar-refractivity contribution >= 4 is 17.3 Å². The molecule has 2 heterocycles. The van der Waals surface area contributed by atoms with Gasteiger partial charge in [0, 0.05) is 18.8 Å². The maximum atomic E-state index is 12.2. The number of amides is 1. The van der Waals surface area contributed by atoms with E-state index in [0.29, 0.717) is 6.42 Å². The summed E-state index contributed by atoms with van der Waals surface area (Å²) in [7, 11) is 0. The zero-order valence-corrected chi connectivity index (χ0v) is 10.3. The fourth-order valence-corrected chi connectivity index (χ4v) is 1.73. The fraction of sp³-hybridized carbons (Fsp3) is 0.214. The molecule has 0 spiro atoms. The molecule has 2 rings (SSSR count). The number of aromatic nitrogens is 2. The van der Waals surface area contributed by atoms with Gasteiger partial charge in [-0.05, 0) is 30.7 Å². The van der Waals surface area contributed by atoms with Crippen LogP contribution in [-0.4, -0.2) is 15.9 Å². The summed E-state index contributed by atoms with van der Waals surface area (Å²) in [5, 5.41) is 0. The van der Waals surface area contributed by atoms with E-state index in [1.54, 1.807) is 29.7 Å². The van der Waals surface area contributed by atoms with Crippen molar-refractivity contribution in [1.82, 2.24) is 9.97 Å². The van der Waals surface area contributed by atoms with E-state index in [4.69, 9.17) is 0 Å².